The molecule has 3 aromatic carbocycles. The maximum Gasteiger partial charge on any atom is 0.323 e. The quantitative estimate of drug-likeness (QED) is 0.167. The zero-order valence-corrected chi connectivity index (χ0v) is 20.7. The van der Waals surface area contributed by atoms with Crippen LogP contribution in [0.2, 0.25) is 0 Å². The van der Waals surface area contributed by atoms with E-state index in [1.165, 1.54) is 5.56 Å². The third kappa shape index (κ3) is 7.34. The van der Waals surface area contributed by atoms with Gasteiger partial charge in [0, 0.05) is 18.0 Å². The van der Waals surface area contributed by atoms with E-state index in [9.17, 15) is 14.7 Å². The molecular formula is C31H31NO5. The molecule has 1 heterocycles. The first-order valence-corrected chi connectivity index (χ1v) is 12.5. The number of rotatable bonds is 13. The minimum atomic E-state index is -0.924. The van der Waals surface area contributed by atoms with Crippen LogP contribution in [0, 0.1) is 0 Å². The van der Waals surface area contributed by atoms with Gasteiger partial charge in [0.05, 0.1) is 12.1 Å². The molecule has 0 atom stereocenters. The summed E-state index contributed by atoms with van der Waals surface area (Å²) in [5.41, 5.74) is 5.02. The molecule has 37 heavy (non-hydrogen) atoms. The lowest BCUT2D eigenvalue weighted by Crippen LogP contribution is -2.07. The Balaban J connectivity index is 1.44. The second kappa shape index (κ2) is 12.6. The van der Waals surface area contributed by atoms with E-state index in [0.717, 1.165) is 46.2 Å². The lowest BCUT2D eigenvalue weighted by Gasteiger charge is -2.07. The van der Waals surface area contributed by atoms with E-state index in [1.807, 2.05) is 79.0 Å². The maximum atomic E-state index is 11.5. The van der Waals surface area contributed by atoms with Gasteiger partial charge in [0.1, 0.15) is 12.3 Å². The topological polar surface area (TPSA) is 88.8 Å². The number of aromatic nitrogens is 1. The minimum Gasteiger partial charge on any atom is -0.494 e. The number of hydrogen-bond donors (Lipinski definition) is 2. The van der Waals surface area contributed by atoms with Crippen LogP contribution in [0.5, 0.6) is 5.75 Å². The standard InChI is InChI=1S/C31H31NO5/c33-29(34)13-5-11-26-21-32(22-30(35)36)31-25(10-4-12-28(26)31)17-14-24-15-18-27(19-16-24)37-20-6-9-23-7-2-1-3-8-23/h1-4,7-8,10,12,14-19,21H,5-6,9,11,13,20,22H2,(H,33,34)(H,35,36)/b17-14+. The molecule has 6 heteroatoms. The van der Waals surface area contributed by atoms with Gasteiger partial charge < -0.3 is 19.5 Å². The number of aryl methyl sites for hydroxylation is 2. The number of carbonyl (C=O) groups is 2. The number of nitrogens with zero attached hydrogens (tertiary/aromatic N) is 1. The van der Waals surface area contributed by atoms with Crippen LogP contribution in [0.1, 0.15) is 41.5 Å². The van der Waals surface area contributed by atoms with Crippen molar-refractivity contribution in [3.05, 3.63) is 101 Å². The molecule has 6 nitrogen and oxygen atoms in total. The van der Waals surface area contributed by atoms with Crippen molar-refractivity contribution in [1.82, 2.24) is 4.57 Å². The first kappa shape index (κ1) is 25.8. The van der Waals surface area contributed by atoms with E-state index in [1.54, 1.807) is 4.57 Å². The van der Waals surface area contributed by atoms with Crippen LogP contribution >= 0.6 is 0 Å². The molecule has 0 saturated carbocycles. The van der Waals surface area contributed by atoms with Gasteiger partial charge in [-0.15, -0.1) is 0 Å². The molecule has 0 fully saturated rings. The molecule has 0 aliphatic heterocycles. The Labute approximate surface area is 216 Å². The number of benzene rings is 3. The predicted molar refractivity (Wildman–Crippen MR) is 146 cm³/mol. The molecule has 4 rings (SSSR count). The lowest BCUT2D eigenvalue weighted by atomic mass is 10.0. The SMILES string of the molecule is O=C(O)CCCc1cn(CC(=O)O)c2c(/C=C/c3ccc(OCCCc4ccccc4)cc3)cccc12. The van der Waals surface area contributed by atoms with Crippen LogP contribution in [0.25, 0.3) is 23.1 Å². The molecule has 0 bridgehead atoms. The van der Waals surface area contributed by atoms with Gasteiger partial charge in [-0.2, -0.15) is 0 Å². The number of hydrogen-bond acceptors (Lipinski definition) is 3. The van der Waals surface area contributed by atoms with Gasteiger partial charge in [0.15, 0.2) is 0 Å². The predicted octanol–water partition coefficient (Wildman–Crippen LogP) is 6.32. The molecule has 0 saturated heterocycles. The van der Waals surface area contributed by atoms with Crippen molar-refractivity contribution in [1.29, 1.82) is 0 Å². The molecule has 4 aromatic rings. The summed E-state index contributed by atoms with van der Waals surface area (Å²) < 4.78 is 7.62. The zero-order valence-electron chi connectivity index (χ0n) is 20.7. The number of carboxylic acid groups (broad SMARTS) is 2. The second-order valence-electron chi connectivity index (χ2n) is 9.01. The molecule has 0 aliphatic carbocycles. The fraction of sp³-hybridized carbons (Fsp3) is 0.226. The molecular weight excluding hydrogens is 466 g/mol. The number of para-hydroxylation sites is 1. The summed E-state index contributed by atoms with van der Waals surface area (Å²) in [4.78, 5) is 22.4. The Bertz CT molecular complexity index is 1370. The van der Waals surface area contributed by atoms with E-state index < -0.39 is 11.9 Å². The third-order valence-corrected chi connectivity index (χ3v) is 6.21. The highest BCUT2D eigenvalue weighted by molar-refractivity contribution is 5.94. The van der Waals surface area contributed by atoms with E-state index in [-0.39, 0.29) is 13.0 Å². The van der Waals surface area contributed by atoms with Gasteiger partial charge in [-0.25, -0.2) is 0 Å². The van der Waals surface area contributed by atoms with Crippen molar-refractivity contribution in [2.45, 2.75) is 38.6 Å². The van der Waals surface area contributed by atoms with Crippen molar-refractivity contribution < 1.29 is 24.5 Å². The van der Waals surface area contributed by atoms with Crippen LogP contribution < -0.4 is 4.74 Å². The zero-order chi connectivity index (χ0) is 26.0. The average molecular weight is 498 g/mol. The highest BCUT2D eigenvalue weighted by Gasteiger charge is 2.13. The van der Waals surface area contributed by atoms with Crippen LogP contribution in [0.15, 0.2) is 79.0 Å². The van der Waals surface area contributed by atoms with E-state index in [2.05, 4.69) is 12.1 Å². The van der Waals surface area contributed by atoms with Gasteiger partial charge in [-0.1, -0.05) is 72.8 Å². The Hall–Kier alpha value is -4.32. The Morgan fingerprint density at radius 2 is 1.59 bits per heavy atom. The van der Waals surface area contributed by atoms with Crippen LogP contribution in [-0.4, -0.2) is 33.3 Å². The van der Waals surface area contributed by atoms with Gasteiger partial charge in [-0.05, 0) is 60.1 Å². The molecule has 0 spiro atoms. The average Bonchev–Trinajstić information content (AvgIpc) is 3.23. The summed E-state index contributed by atoms with van der Waals surface area (Å²) in [6.45, 7) is 0.498. The largest absolute Gasteiger partial charge is 0.494 e. The third-order valence-electron chi connectivity index (χ3n) is 6.21. The molecule has 0 aliphatic rings. The van der Waals surface area contributed by atoms with Crippen LogP contribution in [-0.2, 0) is 29.0 Å². The maximum absolute atomic E-state index is 11.5. The summed E-state index contributed by atoms with van der Waals surface area (Å²) in [6, 6.07) is 24.1. The first-order valence-electron chi connectivity index (χ1n) is 12.5. The summed E-state index contributed by atoms with van der Waals surface area (Å²) in [7, 11) is 0. The number of carboxylic acids is 2. The Kier molecular flexibility index (Phi) is 8.76. The van der Waals surface area contributed by atoms with E-state index in [4.69, 9.17) is 9.84 Å². The van der Waals surface area contributed by atoms with Crippen molar-refractivity contribution in [2.24, 2.45) is 0 Å². The molecule has 2 N–H and O–H groups in total. The first-order chi connectivity index (χ1) is 18.0. The van der Waals surface area contributed by atoms with E-state index in [0.29, 0.717) is 19.4 Å². The second-order valence-corrected chi connectivity index (χ2v) is 9.01. The monoisotopic (exact) mass is 497 g/mol. The Morgan fingerprint density at radius 3 is 2.32 bits per heavy atom. The molecule has 0 radical (unpaired) electrons. The van der Waals surface area contributed by atoms with Gasteiger partial charge >= 0.3 is 11.9 Å². The van der Waals surface area contributed by atoms with Gasteiger partial charge in [-0.3, -0.25) is 9.59 Å². The molecule has 0 unspecified atom stereocenters. The summed E-state index contributed by atoms with van der Waals surface area (Å²) in [5, 5.41) is 19.3. The number of aliphatic carboxylic acids is 2. The summed E-state index contributed by atoms with van der Waals surface area (Å²) in [6.07, 6.45) is 8.91. The highest BCUT2D eigenvalue weighted by atomic mass is 16.5. The van der Waals surface area contributed by atoms with Crippen LogP contribution in [0.3, 0.4) is 0 Å². The minimum absolute atomic E-state index is 0.0813. The highest BCUT2D eigenvalue weighted by Crippen LogP contribution is 2.28. The molecule has 1 aromatic heterocycles. The van der Waals surface area contributed by atoms with E-state index >= 15 is 0 Å². The normalized spacial score (nSPS) is 11.2. The van der Waals surface area contributed by atoms with Crippen LogP contribution in [0.4, 0.5) is 0 Å². The number of ether oxygens (including phenoxy) is 1. The van der Waals surface area contributed by atoms with Crippen molar-refractivity contribution in [3.63, 3.8) is 0 Å². The summed E-state index contributed by atoms with van der Waals surface area (Å²) in [5.74, 6) is -0.928. The van der Waals surface area contributed by atoms with Crippen molar-refractivity contribution in [3.8, 4) is 5.75 Å². The fourth-order valence-electron chi connectivity index (χ4n) is 4.47. The van der Waals surface area contributed by atoms with Gasteiger partial charge in [0.2, 0.25) is 0 Å². The smallest absolute Gasteiger partial charge is 0.323 e. The number of fused-ring (bicyclic) bond motifs is 1. The Morgan fingerprint density at radius 1 is 0.811 bits per heavy atom. The van der Waals surface area contributed by atoms with Crippen molar-refractivity contribution >= 4 is 35.0 Å². The fourth-order valence-corrected chi connectivity index (χ4v) is 4.47. The summed E-state index contributed by atoms with van der Waals surface area (Å²) >= 11 is 0. The van der Waals surface area contributed by atoms with Crippen molar-refractivity contribution in [2.75, 3.05) is 6.61 Å². The molecule has 190 valence electrons. The molecule has 0 amide bonds. The lowest BCUT2D eigenvalue weighted by molar-refractivity contribution is -0.138. The van der Waals surface area contributed by atoms with Gasteiger partial charge in [0.25, 0.3) is 0 Å².